The minimum absolute atomic E-state index is 0.567. The van der Waals surface area contributed by atoms with Gasteiger partial charge >= 0.3 is 0 Å². The maximum Gasteiger partial charge on any atom is 0.241 e. The first-order valence-corrected chi connectivity index (χ1v) is 9.13. The summed E-state index contributed by atoms with van der Waals surface area (Å²) in [5.74, 6) is 1.95. The lowest BCUT2D eigenvalue weighted by Crippen LogP contribution is -2.44. The molecule has 0 unspecified atom stereocenters. The van der Waals surface area contributed by atoms with Crippen LogP contribution in [0.5, 0.6) is 0 Å². The molecule has 2 aliphatic rings. The van der Waals surface area contributed by atoms with Crippen molar-refractivity contribution in [3.05, 3.63) is 30.3 Å². The summed E-state index contributed by atoms with van der Waals surface area (Å²) >= 11 is 0. The molecule has 134 valence electrons. The van der Waals surface area contributed by atoms with Crippen LogP contribution in [-0.4, -0.2) is 70.9 Å². The van der Waals surface area contributed by atoms with Crippen LogP contribution in [0.3, 0.4) is 0 Å². The largest absolute Gasteiger partial charge is 0.379 e. The van der Waals surface area contributed by atoms with E-state index >= 15 is 0 Å². The minimum atomic E-state index is 0.567. The van der Waals surface area contributed by atoms with Gasteiger partial charge in [-0.25, -0.2) is 0 Å². The normalized spacial score (nSPS) is 23.0. The van der Waals surface area contributed by atoms with Gasteiger partial charge in [0, 0.05) is 32.4 Å². The van der Waals surface area contributed by atoms with Crippen molar-refractivity contribution in [3.8, 4) is 11.5 Å². The van der Waals surface area contributed by atoms with Gasteiger partial charge in [-0.3, -0.25) is 14.8 Å². The number of morpholine rings is 1. The van der Waals surface area contributed by atoms with Gasteiger partial charge in [-0.2, -0.15) is 4.98 Å². The van der Waals surface area contributed by atoms with Crippen LogP contribution in [0.4, 0.5) is 0 Å². The molecule has 25 heavy (non-hydrogen) atoms. The zero-order chi connectivity index (χ0) is 16.9. The Hall–Kier alpha value is -1.83. The molecular formula is C18H25N5O2. The summed E-state index contributed by atoms with van der Waals surface area (Å²) in [4.78, 5) is 13.7. The zero-order valence-corrected chi connectivity index (χ0v) is 14.5. The van der Waals surface area contributed by atoms with Crippen LogP contribution in [0.1, 0.15) is 18.7 Å². The van der Waals surface area contributed by atoms with Gasteiger partial charge in [-0.15, -0.1) is 0 Å². The summed E-state index contributed by atoms with van der Waals surface area (Å²) in [6.07, 6.45) is 4.28. The highest BCUT2D eigenvalue weighted by Gasteiger charge is 2.24. The molecule has 0 radical (unpaired) electrons. The molecule has 0 spiro atoms. The van der Waals surface area contributed by atoms with E-state index in [0.717, 1.165) is 51.6 Å². The van der Waals surface area contributed by atoms with E-state index in [2.05, 4.69) is 24.9 Å². The third-order valence-electron chi connectivity index (χ3n) is 4.94. The van der Waals surface area contributed by atoms with E-state index in [9.17, 15) is 0 Å². The van der Waals surface area contributed by atoms with Crippen LogP contribution in [0, 0.1) is 5.92 Å². The van der Waals surface area contributed by atoms with Crippen LogP contribution in [0.15, 0.2) is 28.9 Å². The fourth-order valence-corrected chi connectivity index (χ4v) is 3.70. The summed E-state index contributed by atoms with van der Waals surface area (Å²) in [6, 6.07) is 5.71. The quantitative estimate of drug-likeness (QED) is 0.818. The highest BCUT2D eigenvalue weighted by molar-refractivity contribution is 5.46. The molecule has 4 rings (SSSR count). The molecule has 0 bridgehead atoms. The second-order valence-electron chi connectivity index (χ2n) is 6.88. The van der Waals surface area contributed by atoms with Crippen LogP contribution in [0.25, 0.3) is 11.5 Å². The number of likely N-dealkylation sites (tertiary alicyclic amines) is 1. The highest BCUT2D eigenvalue weighted by atomic mass is 16.5. The Morgan fingerprint density at radius 3 is 2.88 bits per heavy atom. The number of piperidine rings is 1. The molecule has 1 atom stereocenters. The second kappa shape index (κ2) is 8.03. The van der Waals surface area contributed by atoms with E-state index < -0.39 is 0 Å². The van der Waals surface area contributed by atoms with E-state index in [4.69, 9.17) is 9.26 Å². The van der Waals surface area contributed by atoms with Crippen molar-refractivity contribution in [2.75, 3.05) is 45.9 Å². The molecule has 2 fully saturated rings. The lowest BCUT2D eigenvalue weighted by molar-refractivity contribution is 0.0218. The summed E-state index contributed by atoms with van der Waals surface area (Å²) in [6.45, 7) is 7.95. The van der Waals surface area contributed by atoms with E-state index in [1.54, 1.807) is 6.20 Å². The number of rotatable bonds is 5. The Labute approximate surface area is 148 Å². The zero-order valence-electron chi connectivity index (χ0n) is 14.5. The second-order valence-corrected chi connectivity index (χ2v) is 6.88. The smallest absolute Gasteiger partial charge is 0.241 e. The average molecular weight is 343 g/mol. The van der Waals surface area contributed by atoms with Gasteiger partial charge < -0.3 is 9.26 Å². The predicted molar refractivity (Wildman–Crippen MR) is 92.8 cm³/mol. The first-order chi connectivity index (χ1) is 12.4. The molecule has 4 heterocycles. The topological polar surface area (TPSA) is 67.5 Å². The van der Waals surface area contributed by atoms with E-state index in [1.807, 2.05) is 18.2 Å². The van der Waals surface area contributed by atoms with Crippen molar-refractivity contribution in [1.82, 2.24) is 24.9 Å². The number of aromatic nitrogens is 3. The predicted octanol–water partition coefficient (Wildman–Crippen LogP) is 1.68. The van der Waals surface area contributed by atoms with Crippen molar-refractivity contribution < 1.29 is 9.26 Å². The molecule has 2 aromatic rings. The van der Waals surface area contributed by atoms with Gasteiger partial charge in [0.1, 0.15) is 5.69 Å². The van der Waals surface area contributed by atoms with Crippen molar-refractivity contribution in [3.63, 3.8) is 0 Å². The van der Waals surface area contributed by atoms with E-state index in [0.29, 0.717) is 17.6 Å². The van der Waals surface area contributed by atoms with Crippen molar-refractivity contribution >= 4 is 0 Å². The molecule has 0 saturated carbocycles. The van der Waals surface area contributed by atoms with Crippen molar-refractivity contribution in [2.45, 2.75) is 19.4 Å². The summed E-state index contributed by atoms with van der Waals surface area (Å²) in [7, 11) is 0. The van der Waals surface area contributed by atoms with Crippen LogP contribution in [-0.2, 0) is 11.3 Å². The Balaban J connectivity index is 1.32. The third kappa shape index (κ3) is 4.42. The van der Waals surface area contributed by atoms with E-state index in [1.165, 1.54) is 19.4 Å². The van der Waals surface area contributed by atoms with Crippen molar-refractivity contribution in [2.24, 2.45) is 5.92 Å². The summed E-state index contributed by atoms with van der Waals surface area (Å²) in [5, 5.41) is 4.07. The monoisotopic (exact) mass is 343 g/mol. The third-order valence-corrected chi connectivity index (χ3v) is 4.94. The first-order valence-electron chi connectivity index (χ1n) is 9.13. The maximum absolute atomic E-state index is 5.44. The lowest BCUT2D eigenvalue weighted by atomic mass is 9.97. The molecular weight excluding hydrogens is 318 g/mol. The molecule has 0 N–H and O–H groups in total. The molecule has 0 aromatic carbocycles. The standard InChI is InChI=1S/C18H25N5O2/c1-2-6-19-16(5-1)18-20-17(25-21-18)14-23-7-3-4-15(13-23)12-22-8-10-24-11-9-22/h1-2,5-6,15H,3-4,7-14H2/t15-/m0/s1. The lowest BCUT2D eigenvalue weighted by Gasteiger charge is -2.36. The molecule has 2 aromatic heterocycles. The van der Waals surface area contributed by atoms with E-state index in [-0.39, 0.29) is 0 Å². The molecule has 0 amide bonds. The fraction of sp³-hybridized carbons (Fsp3) is 0.611. The van der Waals surface area contributed by atoms with Gasteiger partial charge in [-0.1, -0.05) is 11.2 Å². The van der Waals surface area contributed by atoms with Gasteiger partial charge in [0.25, 0.3) is 0 Å². The number of pyridine rings is 1. The van der Waals surface area contributed by atoms with Gasteiger partial charge in [0.05, 0.1) is 19.8 Å². The van der Waals surface area contributed by atoms with Gasteiger partial charge in [0.15, 0.2) is 0 Å². The summed E-state index contributed by atoms with van der Waals surface area (Å²) < 4.78 is 10.9. The van der Waals surface area contributed by atoms with Crippen LogP contribution < -0.4 is 0 Å². The molecule has 2 saturated heterocycles. The Bertz CT molecular complexity index is 656. The fourth-order valence-electron chi connectivity index (χ4n) is 3.70. The maximum atomic E-state index is 5.44. The Kier molecular flexibility index (Phi) is 5.34. The highest BCUT2D eigenvalue weighted by Crippen LogP contribution is 2.20. The number of hydrogen-bond acceptors (Lipinski definition) is 7. The minimum Gasteiger partial charge on any atom is -0.379 e. The van der Waals surface area contributed by atoms with Crippen LogP contribution >= 0.6 is 0 Å². The molecule has 7 heteroatoms. The molecule has 2 aliphatic heterocycles. The Morgan fingerprint density at radius 1 is 1.12 bits per heavy atom. The molecule has 0 aliphatic carbocycles. The Morgan fingerprint density at radius 2 is 2.04 bits per heavy atom. The average Bonchev–Trinajstić information content (AvgIpc) is 3.12. The van der Waals surface area contributed by atoms with Crippen molar-refractivity contribution in [1.29, 1.82) is 0 Å². The molecule has 7 nitrogen and oxygen atoms in total. The van der Waals surface area contributed by atoms with Crippen LogP contribution in [0.2, 0.25) is 0 Å². The number of ether oxygens (including phenoxy) is 1. The summed E-state index contributed by atoms with van der Waals surface area (Å²) in [5.41, 5.74) is 0.751. The SMILES string of the molecule is c1ccc(-c2noc(CN3CCC[C@@H](CN4CCOCC4)C3)n2)nc1. The first kappa shape index (κ1) is 16.6. The van der Waals surface area contributed by atoms with Gasteiger partial charge in [-0.05, 0) is 37.4 Å². The number of hydrogen-bond donors (Lipinski definition) is 0. The van der Waals surface area contributed by atoms with Gasteiger partial charge in [0.2, 0.25) is 11.7 Å². The number of nitrogens with zero attached hydrogens (tertiary/aromatic N) is 5.